The van der Waals surface area contributed by atoms with Crippen molar-refractivity contribution < 1.29 is 19.2 Å². The number of aromatic nitrogens is 1. The van der Waals surface area contributed by atoms with E-state index in [0.717, 1.165) is 5.56 Å². The molecule has 1 atom stereocenters. The van der Waals surface area contributed by atoms with Gasteiger partial charge in [0.25, 0.3) is 5.91 Å². The molecule has 0 aliphatic heterocycles. The van der Waals surface area contributed by atoms with Gasteiger partial charge in [0.15, 0.2) is 0 Å². The van der Waals surface area contributed by atoms with E-state index >= 15 is 0 Å². The topological polar surface area (TPSA) is 92.4 Å². The minimum atomic E-state index is -1.10. The maximum absolute atomic E-state index is 12.1. The summed E-state index contributed by atoms with van der Waals surface area (Å²) >= 11 is 0. The highest BCUT2D eigenvalue weighted by Crippen LogP contribution is 2.14. The number of benzene rings is 1. The molecule has 116 valence electrons. The van der Waals surface area contributed by atoms with E-state index in [0.29, 0.717) is 5.69 Å². The monoisotopic (exact) mass is 302 g/mol. The Hall–Kier alpha value is -2.63. The van der Waals surface area contributed by atoms with Gasteiger partial charge < -0.3 is 14.9 Å². The van der Waals surface area contributed by atoms with Crippen molar-refractivity contribution in [2.45, 2.75) is 32.2 Å². The number of aliphatic carboxylic acids is 1. The van der Waals surface area contributed by atoms with Crippen molar-refractivity contribution in [2.75, 3.05) is 0 Å². The van der Waals surface area contributed by atoms with Crippen LogP contribution in [0.3, 0.4) is 0 Å². The lowest BCUT2D eigenvalue weighted by atomic mass is 10.1. The van der Waals surface area contributed by atoms with Crippen molar-refractivity contribution in [2.24, 2.45) is 0 Å². The molecule has 1 aromatic heterocycles. The molecule has 0 radical (unpaired) electrons. The summed E-state index contributed by atoms with van der Waals surface area (Å²) in [7, 11) is 0. The third-order valence-corrected chi connectivity index (χ3v) is 3.23. The van der Waals surface area contributed by atoms with Gasteiger partial charge in [0, 0.05) is 12.5 Å². The third kappa shape index (κ3) is 3.94. The van der Waals surface area contributed by atoms with Gasteiger partial charge in [-0.05, 0) is 11.5 Å². The number of carbonyl (C=O) groups is 2. The average Bonchev–Trinajstić information content (AvgIpc) is 2.97. The van der Waals surface area contributed by atoms with Crippen LogP contribution in [0, 0.1) is 0 Å². The second-order valence-electron chi connectivity index (χ2n) is 5.32. The van der Waals surface area contributed by atoms with Gasteiger partial charge in [0.05, 0.1) is 5.69 Å². The first-order chi connectivity index (χ1) is 10.5. The predicted molar refractivity (Wildman–Crippen MR) is 79.6 cm³/mol. The molecule has 0 fully saturated rings. The Morgan fingerprint density at radius 1 is 1.27 bits per heavy atom. The molecule has 0 spiro atoms. The summed E-state index contributed by atoms with van der Waals surface area (Å²) in [6, 6.07) is 9.62. The number of rotatable bonds is 6. The smallest absolute Gasteiger partial charge is 0.326 e. The van der Waals surface area contributed by atoms with Crippen LogP contribution in [0.2, 0.25) is 0 Å². The minimum absolute atomic E-state index is 0.0167. The number of hydrogen-bond donors (Lipinski definition) is 2. The Bertz CT molecular complexity index is 649. The average molecular weight is 302 g/mol. The summed E-state index contributed by atoms with van der Waals surface area (Å²) in [4.78, 5) is 23.4. The van der Waals surface area contributed by atoms with E-state index in [1.54, 1.807) is 0 Å². The first-order valence-electron chi connectivity index (χ1n) is 7.01. The number of carboxylic acid groups (broad SMARTS) is 1. The van der Waals surface area contributed by atoms with E-state index < -0.39 is 17.9 Å². The lowest BCUT2D eigenvalue weighted by Crippen LogP contribution is -2.42. The highest BCUT2D eigenvalue weighted by molar-refractivity contribution is 5.94. The lowest BCUT2D eigenvalue weighted by molar-refractivity contribution is -0.139. The quantitative estimate of drug-likeness (QED) is 0.853. The van der Waals surface area contributed by atoms with E-state index in [1.165, 1.54) is 6.07 Å². The fraction of sp³-hybridized carbons (Fsp3) is 0.312. The Kier molecular flexibility index (Phi) is 4.93. The molecule has 1 aromatic carbocycles. The largest absolute Gasteiger partial charge is 0.480 e. The summed E-state index contributed by atoms with van der Waals surface area (Å²) in [6.07, 6.45) is 0.201. The van der Waals surface area contributed by atoms with Gasteiger partial charge in [-0.15, -0.1) is 0 Å². The number of hydrogen-bond acceptors (Lipinski definition) is 4. The van der Waals surface area contributed by atoms with Gasteiger partial charge in [-0.25, -0.2) is 4.79 Å². The summed E-state index contributed by atoms with van der Waals surface area (Å²) in [5.41, 5.74) is 1.48. The molecule has 0 bridgehead atoms. The molecule has 1 heterocycles. The molecule has 6 heteroatoms. The Morgan fingerprint density at radius 2 is 1.95 bits per heavy atom. The molecule has 0 saturated heterocycles. The molecule has 2 aromatic rings. The van der Waals surface area contributed by atoms with Crippen LogP contribution in [0.5, 0.6) is 0 Å². The van der Waals surface area contributed by atoms with Gasteiger partial charge in [-0.2, -0.15) is 0 Å². The second-order valence-corrected chi connectivity index (χ2v) is 5.32. The van der Waals surface area contributed by atoms with Gasteiger partial charge >= 0.3 is 5.97 Å². The summed E-state index contributed by atoms with van der Waals surface area (Å²) in [5, 5.41) is 15.5. The van der Waals surface area contributed by atoms with Crippen molar-refractivity contribution >= 4 is 11.9 Å². The van der Waals surface area contributed by atoms with Gasteiger partial charge in [0.1, 0.15) is 6.04 Å². The van der Waals surface area contributed by atoms with Crippen molar-refractivity contribution in [3.63, 3.8) is 0 Å². The standard InChI is InChI=1S/C16H18N2O4/c1-10(2)12-9-14(22-18-12)15(19)17-13(16(20)21)8-11-6-4-3-5-7-11/h3-7,9-10,13H,8H2,1-2H3,(H,17,19)(H,20,21)/t13-/m1/s1. The molecule has 0 saturated carbocycles. The van der Waals surface area contributed by atoms with Gasteiger partial charge in [0.2, 0.25) is 5.76 Å². The van der Waals surface area contributed by atoms with Gasteiger partial charge in [-0.3, -0.25) is 4.79 Å². The summed E-state index contributed by atoms with van der Waals surface area (Å²) in [5.74, 6) is -1.53. The first kappa shape index (κ1) is 15.8. The molecule has 0 unspecified atom stereocenters. The van der Waals surface area contributed by atoms with Gasteiger partial charge in [-0.1, -0.05) is 49.3 Å². The fourth-order valence-electron chi connectivity index (χ4n) is 1.95. The fourth-order valence-corrected chi connectivity index (χ4v) is 1.95. The number of carboxylic acids is 1. The van der Waals surface area contributed by atoms with Crippen LogP contribution in [0.15, 0.2) is 40.9 Å². The molecule has 22 heavy (non-hydrogen) atoms. The van der Waals surface area contributed by atoms with E-state index in [2.05, 4.69) is 10.5 Å². The highest BCUT2D eigenvalue weighted by Gasteiger charge is 2.23. The zero-order valence-electron chi connectivity index (χ0n) is 12.4. The van der Waals surface area contributed by atoms with Crippen LogP contribution < -0.4 is 5.32 Å². The number of carbonyl (C=O) groups excluding carboxylic acids is 1. The third-order valence-electron chi connectivity index (χ3n) is 3.23. The second kappa shape index (κ2) is 6.89. The molecule has 2 N–H and O–H groups in total. The molecule has 0 aliphatic rings. The number of nitrogens with zero attached hydrogens (tertiary/aromatic N) is 1. The van der Waals surface area contributed by atoms with Crippen LogP contribution in [0.25, 0.3) is 0 Å². The molecule has 1 amide bonds. The summed E-state index contributed by atoms with van der Waals surface area (Å²) < 4.78 is 4.96. The first-order valence-corrected chi connectivity index (χ1v) is 7.01. The normalized spacial score (nSPS) is 12.1. The van der Waals surface area contributed by atoms with E-state index in [-0.39, 0.29) is 18.1 Å². The van der Waals surface area contributed by atoms with Crippen molar-refractivity contribution in [3.05, 3.63) is 53.4 Å². The zero-order valence-corrected chi connectivity index (χ0v) is 12.4. The lowest BCUT2D eigenvalue weighted by Gasteiger charge is -2.13. The SMILES string of the molecule is CC(C)c1cc(C(=O)N[C@H](Cc2ccccc2)C(=O)O)on1. The zero-order chi connectivity index (χ0) is 16.1. The molecular weight excluding hydrogens is 284 g/mol. The Morgan fingerprint density at radius 3 is 2.50 bits per heavy atom. The maximum Gasteiger partial charge on any atom is 0.326 e. The van der Waals surface area contributed by atoms with Crippen LogP contribution in [0.4, 0.5) is 0 Å². The Balaban J connectivity index is 2.07. The molecule has 2 rings (SSSR count). The number of amides is 1. The highest BCUT2D eigenvalue weighted by atomic mass is 16.5. The van der Waals surface area contributed by atoms with E-state index in [4.69, 9.17) is 4.52 Å². The molecule has 6 nitrogen and oxygen atoms in total. The minimum Gasteiger partial charge on any atom is -0.480 e. The van der Waals surface area contributed by atoms with E-state index in [9.17, 15) is 14.7 Å². The van der Waals surface area contributed by atoms with Crippen molar-refractivity contribution in [1.29, 1.82) is 0 Å². The predicted octanol–water partition coefficient (Wildman–Crippen LogP) is 2.22. The van der Waals surface area contributed by atoms with Crippen LogP contribution in [-0.2, 0) is 11.2 Å². The molecule has 0 aliphatic carbocycles. The van der Waals surface area contributed by atoms with Crippen LogP contribution in [0.1, 0.15) is 41.6 Å². The maximum atomic E-state index is 12.1. The molecular formula is C16H18N2O4. The van der Waals surface area contributed by atoms with E-state index in [1.807, 2.05) is 44.2 Å². The van der Waals surface area contributed by atoms with Crippen LogP contribution >= 0.6 is 0 Å². The van der Waals surface area contributed by atoms with Crippen LogP contribution in [-0.4, -0.2) is 28.2 Å². The van der Waals surface area contributed by atoms with Crippen molar-refractivity contribution in [3.8, 4) is 0 Å². The number of nitrogens with one attached hydrogen (secondary N) is 1. The summed E-state index contributed by atoms with van der Waals surface area (Å²) in [6.45, 7) is 3.85. The Labute approximate surface area is 128 Å². The van der Waals surface area contributed by atoms with Crippen molar-refractivity contribution in [1.82, 2.24) is 10.5 Å².